The molecule has 0 saturated heterocycles. The summed E-state index contributed by atoms with van der Waals surface area (Å²) in [5.41, 5.74) is 5.61. The Morgan fingerprint density at radius 1 is 1.12 bits per heavy atom. The molecule has 0 spiro atoms. The number of nitriles is 1. The number of imidazole rings is 1. The van der Waals surface area contributed by atoms with Crippen molar-refractivity contribution in [2.24, 2.45) is 7.05 Å². The monoisotopic (exact) mass is 455 g/mol. The molecule has 1 aromatic heterocycles. The molecule has 0 bridgehead atoms. The van der Waals surface area contributed by atoms with Crippen LogP contribution in [0.3, 0.4) is 0 Å². The summed E-state index contributed by atoms with van der Waals surface area (Å²) in [6.07, 6.45) is 3.11. The molecule has 1 heterocycles. The smallest absolute Gasteiger partial charge is 0.160 e. The molecule has 0 aliphatic heterocycles. The molecule has 0 aliphatic rings. The van der Waals surface area contributed by atoms with Gasteiger partial charge in [0.05, 0.1) is 36.5 Å². The van der Waals surface area contributed by atoms with Crippen molar-refractivity contribution in [1.82, 2.24) is 9.55 Å². The first-order valence-corrected chi connectivity index (χ1v) is 10.8. The molecule has 4 rings (SSSR count). The molecule has 1 unspecified atom stereocenters. The van der Waals surface area contributed by atoms with Crippen LogP contribution in [0.4, 0.5) is 0 Å². The van der Waals surface area contributed by atoms with E-state index in [4.69, 9.17) is 21.6 Å². The molecule has 0 aliphatic carbocycles. The topological polar surface area (TPSA) is 67.9 Å². The van der Waals surface area contributed by atoms with Crippen LogP contribution in [0, 0.1) is 11.3 Å². The number of halogens is 1. The van der Waals surface area contributed by atoms with E-state index in [1.807, 2.05) is 66.2 Å². The van der Waals surface area contributed by atoms with Crippen molar-refractivity contribution in [1.29, 1.82) is 5.26 Å². The first-order valence-electron chi connectivity index (χ1n) is 10.4. The molecule has 4 aromatic rings. The normalized spacial score (nSPS) is 11.7. The van der Waals surface area contributed by atoms with Crippen LogP contribution in [-0.2, 0) is 18.4 Å². The summed E-state index contributed by atoms with van der Waals surface area (Å²) in [4.78, 5) is 16.5. The van der Waals surface area contributed by atoms with Gasteiger partial charge in [-0.2, -0.15) is 5.26 Å². The van der Waals surface area contributed by atoms with Crippen LogP contribution in [0.15, 0.2) is 79.3 Å². The molecular weight excluding hydrogens is 434 g/mol. The van der Waals surface area contributed by atoms with Gasteiger partial charge >= 0.3 is 0 Å². The third-order valence-electron chi connectivity index (χ3n) is 5.54. The Morgan fingerprint density at radius 3 is 2.55 bits per heavy atom. The molecule has 6 heteroatoms. The largest absolute Gasteiger partial charge is 0.362 e. The molecule has 164 valence electrons. The van der Waals surface area contributed by atoms with E-state index in [0.717, 1.165) is 27.9 Å². The number of ketones is 1. The van der Waals surface area contributed by atoms with Gasteiger partial charge in [-0.1, -0.05) is 54.1 Å². The molecule has 0 radical (unpaired) electrons. The van der Waals surface area contributed by atoms with Gasteiger partial charge in [-0.15, -0.1) is 0 Å². The lowest BCUT2D eigenvalue weighted by molar-refractivity contribution is 0.0624. The number of rotatable bonds is 7. The minimum atomic E-state index is -0.392. The maximum absolute atomic E-state index is 12.2. The van der Waals surface area contributed by atoms with Crippen LogP contribution in [0.5, 0.6) is 0 Å². The fraction of sp³-hybridized carbons (Fsp3) is 0.148. The van der Waals surface area contributed by atoms with Gasteiger partial charge in [-0.3, -0.25) is 4.79 Å². The zero-order valence-electron chi connectivity index (χ0n) is 18.3. The number of hydrogen-bond donors (Lipinski definition) is 0. The van der Waals surface area contributed by atoms with Crippen molar-refractivity contribution in [2.45, 2.75) is 19.6 Å². The van der Waals surface area contributed by atoms with E-state index in [1.54, 1.807) is 31.6 Å². The second kappa shape index (κ2) is 9.83. The molecule has 33 heavy (non-hydrogen) atoms. The molecule has 1 atom stereocenters. The Labute approximate surface area is 197 Å². The summed E-state index contributed by atoms with van der Waals surface area (Å²) in [5.74, 6) is -0.0113. The molecule has 0 amide bonds. The third-order valence-corrected chi connectivity index (χ3v) is 5.77. The Bertz CT molecular complexity index is 1340. The fourth-order valence-electron chi connectivity index (χ4n) is 3.83. The third kappa shape index (κ3) is 4.88. The quantitative estimate of drug-likeness (QED) is 0.315. The standard InChI is InChI=1S/C27H22ClN3O2/c1-18(32)23-5-3-4-6-24(23)25-13-22(28)12-11-21(25)16-33-27(26-15-30-17-31(26)2)20-9-7-19(14-29)8-10-20/h3-13,15,17,27H,16H2,1-2H3. The molecule has 0 saturated carbocycles. The number of hydrogen-bond acceptors (Lipinski definition) is 4. The number of aryl methyl sites for hydroxylation is 1. The Balaban J connectivity index is 1.72. The average Bonchev–Trinajstić information content (AvgIpc) is 3.26. The predicted octanol–water partition coefficient (Wildman–Crippen LogP) is 6.12. The number of nitrogens with zero attached hydrogens (tertiary/aromatic N) is 3. The zero-order chi connectivity index (χ0) is 23.4. The molecule has 0 fully saturated rings. The Kier molecular flexibility index (Phi) is 6.69. The van der Waals surface area contributed by atoms with Crippen molar-refractivity contribution in [3.05, 3.63) is 112 Å². The summed E-state index contributed by atoms with van der Waals surface area (Å²) >= 11 is 6.32. The minimum Gasteiger partial charge on any atom is -0.362 e. The molecule has 0 N–H and O–H groups in total. The first kappa shape index (κ1) is 22.5. The Hall–Kier alpha value is -3.72. The van der Waals surface area contributed by atoms with Gasteiger partial charge in [-0.25, -0.2) is 4.98 Å². The van der Waals surface area contributed by atoms with Crippen molar-refractivity contribution < 1.29 is 9.53 Å². The maximum atomic E-state index is 12.2. The number of carbonyl (C=O) groups excluding carboxylic acids is 1. The van der Waals surface area contributed by atoms with E-state index in [9.17, 15) is 4.79 Å². The number of carbonyl (C=O) groups is 1. The average molecular weight is 456 g/mol. The van der Waals surface area contributed by atoms with E-state index in [0.29, 0.717) is 16.1 Å². The van der Waals surface area contributed by atoms with E-state index in [2.05, 4.69) is 11.1 Å². The summed E-state index contributed by atoms with van der Waals surface area (Å²) in [7, 11) is 1.92. The van der Waals surface area contributed by atoms with E-state index < -0.39 is 6.10 Å². The fourth-order valence-corrected chi connectivity index (χ4v) is 4.00. The van der Waals surface area contributed by atoms with Crippen molar-refractivity contribution in [3.8, 4) is 17.2 Å². The Morgan fingerprint density at radius 2 is 1.88 bits per heavy atom. The van der Waals surface area contributed by atoms with Gasteiger partial charge in [0.25, 0.3) is 0 Å². The summed E-state index contributed by atoms with van der Waals surface area (Å²) < 4.78 is 8.36. The lowest BCUT2D eigenvalue weighted by atomic mass is 9.94. The van der Waals surface area contributed by atoms with Gasteiger partial charge in [0, 0.05) is 17.6 Å². The van der Waals surface area contributed by atoms with Crippen molar-refractivity contribution >= 4 is 17.4 Å². The minimum absolute atomic E-state index is 0.0113. The number of Topliss-reactive ketones (excluding diaryl/α,β-unsaturated/α-hetero) is 1. The number of aromatic nitrogens is 2. The van der Waals surface area contributed by atoms with Gasteiger partial charge in [0.2, 0.25) is 0 Å². The summed E-state index contributed by atoms with van der Waals surface area (Å²) in [5, 5.41) is 9.73. The second-order valence-electron chi connectivity index (χ2n) is 7.76. The highest BCUT2D eigenvalue weighted by atomic mass is 35.5. The summed E-state index contributed by atoms with van der Waals surface area (Å²) in [6, 6.07) is 22.6. The van der Waals surface area contributed by atoms with E-state index in [1.165, 1.54) is 0 Å². The van der Waals surface area contributed by atoms with Crippen molar-refractivity contribution in [3.63, 3.8) is 0 Å². The van der Waals surface area contributed by atoms with Crippen LogP contribution in [0.25, 0.3) is 11.1 Å². The lowest BCUT2D eigenvalue weighted by Crippen LogP contribution is -2.11. The highest BCUT2D eigenvalue weighted by Gasteiger charge is 2.20. The zero-order valence-corrected chi connectivity index (χ0v) is 19.1. The van der Waals surface area contributed by atoms with Gasteiger partial charge < -0.3 is 9.30 Å². The maximum Gasteiger partial charge on any atom is 0.160 e. The van der Waals surface area contributed by atoms with Crippen LogP contribution in [0.2, 0.25) is 5.02 Å². The highest BCUT2D eigenvalue weighted by Crippen LogP contribution is 2.33. The predicted molar refractivity (Wildman–Crippen MR) is 128 cm³/mol. The van der Waals surface area contributed by atoms with Gasteiger partial charge in [0.15, 0.2) is 5.78 Å². The first-order chi connectivity index (χ1) is 16.0. The van der Waals surface area contributed by atoms with Crippen LogP contribution >= 0.6 is 11.6 Å². The SMILES string of the molecule is CC(=O)c1ccccc1-c1cc(Cl)ccc1COC(c1ccc(C#N)cc1)c1cncn1C. The van der Waals surface area contributed by atoms with Gasteiger partial charge in [-0.05, 0) is 53.4 Å². The van der Waals surface area contributed by atoms with E-state index >= 15 is 0 Å². The van der Waals surface area contributed by atoms with Crippen molar-refractivity contribution in [2.75, 3.05) is 0 Å². The van der Waals surface area contributed by atoms with Gasteiger partial charge in [0.1, 0.15) is 6.10 Å². The number of benzene rings is 3. The molecular formula is C27H22ClN3O2. The molecule has 5 nitrogen and oxygen atoms in total. The van der Waals surface area contributed by atoms with E-state index in [-0.39, 0.29) is 12.4 Å². The highest BCUT2D eigenvalue weighted by molar-refractivity contribution is 6.31. The lowest BCUT2D eigenvalue weighted by Gasteiger charge is -2.21. The summed E-state index contributed by atoms with van der Waals surface area (Å²) in [6.45, 7) is 1.84. The van der Waals surface area contributed by atoms with Crippen LogP contribution < -0.4 is 0 Å². The van der Waals surface area contributed by atoms with Crippen LogP contribution in [0.1, 0.15) is 45.8 Å². The van der Waals surface area contributed by atoms with Crippen LogP contribution in [-0.4, -0.2) is 15.3 Å². The second-order valence-corrected chi connectivity index (χ2v) is 8.19. The molecule has 3 aromatic carbocycles. The number of ether oxygens (including phenoxy) is 1.